The Morgan fingerprint density at radius 3 is 2.39 bits per heavy atom. The van der Waals surface area contributed by atoms with Crippen molar-refractivity contribution >= 4 is 12.0 Å². The second kappa shape index (κ2) is 6.61. The number of rotatable bonds is 6. The highest BCUT2D eigenvalue weighted by Crippen LogP contribution is 2.31. The number of carbonyl (C=O) groups excluding carboxylic acids is 2. The Labute approximate surface area is 109 Å². The van der Waals surface area contributed by atoms with Gasteiger partial charge in [0.15, 0.2) is 0 Å². The van der Waals surface area contributed by atoms with Crippen LogP contribution in [0.1, 0.15) is 46.5 Å². The molecule has 0 spiro atoms. The third kappa shape index (κ3) is 7.92. The van der Waals surface area contributed by atoms with E-state index in [-0.39, 0.29) is 5.91 Å². The summed E-state index contributed by atoms with van der Waals surface area (Å²) in [6.07, 6.45) is 3.50. The molecule has 0 aromatic carbocycles. The maximum Gasteiger partial charge on any atom is 0.407 e. The van der Waals surface area contributed by atoms with Crippen molar-refractivity contribution in [1.29, 1.82) is 0 Å². The first-order valence-electron chi connectivity index (χ1n) is 6.60. The van der Waals surface area contributed by atoms with Crippen LogP contribution in [-0.4, -0.2) is 30.7 Å². The van der Waals surface area contributed by atoms with Crippen LogP contribution < -0.4 is 10.6 Å². The summed E-state index contributed by atoms with van der Waals surface area (Å²) in [6, 6.07) is 0. The third-order valence-electron chi connectivity index (χ3n) is 2.59. The molecule has 1 aliphatic rings. The summed E-state index contributed by atoms with van der Waals surface area (Å²) in [4.78, 5) is 22.7. The molecule has 0 aliphatic heterocycles. The van der Waals surface area contributed by atoms with E-state index in [1.165, 1.54) is 12.8 Å². The van der Waals surface area contributed by atoms with Crippen LogP contribution in [-0.2, 0) is 9.53 Å². The first-order chi connectivity index (χ1) is 8.37. The number of amides is 2. The number of ether oxygens (including phenoxy) is 1. The first-order valence-corrected chi connectivity index (χ1v) is 6.60. The molecule has 0 aromatic rings. The van der Waals surface area contributed by atoms with Gasteiger partial charge in [0, 0.05) is 19.5 Å². The predicted octanol–water partition coefficient (Wildman–Crippen LogP) is 1.82. The summed E-state index contributed by atoms with van der Waals surface area (Å²) in [5.74, 6) is 0.803. The second-order valence-corrected chi connectivity index (χ2v) is 5.76. The van der Waals surface area contributed by atoms with Gasteiger partial charge in [0.05, 0.1) is 0 Å². The van der Waals surface area contributed by atoms with E-state index in [9.17, 15) is 9.59 Å². The summed E-state index contributed by atoms with van der Waals surface area (Å²) in [5, 5.41) is 5.40. The molecule has 0 aromatic heterocycles. The Hall–Kier alpha value is -1.26. The molecule has 0 radical (unpaired) electrons. The number of hydrogen-bond donors (Lipinski definition) is 2. The van der Waals surface area contributed by atoms with E-state index in [0.29, 0.717) is 13.0 Å². The van der Waals surface area contributed by atoms with Crippen LogP contribution in [0, 0.1) is 5.92 Å². The van der Waals surface area contributed by atoms with Crippen molar-refractivity contribution in [1.82, 2.24) is 10.6 Å². The highest BCUT2D eigenvalue weighted by Gasteiger charge is 2.20. The summed E-state index contributed by atoms with van der Waals surface area (Å²) < 4.78 is 5.06. The van der Waals surface area contributed by atoms with Gasteiger partial charge in [0.25, 0.3) is 0 Å². The first kappa shape index (κ1) is 14.8. The van der Waals surface area contributed by atoms with Crippen molar-refractivity contribution in [3.05, 3.63) is 0 Å². The minimum atomic E-state index is -0.503. The highest BCUT2D eigenvalue weighted by molar-refractivity contribution is 5.76. The van der Waals surface area contributed by atoms with Gasteiger partial charge < -0.3 is 15.4 Å². The topological polar surface area (TPSA) is 67.4 Å². The van der Waals surface area contributed by atoms with Crippen LogP contribution in [0.25, 0.3) is 0 Å². The third-order valence-corrected chi connectivity index (χ3v) is 2.59. The maximum atomic E-state index is 11.4. The van der Waals surface area contributed by atoms with Gasteiger partial charge in [-0.1, -0.05) is 12.8 Å². The van der Waals surface area contributed by atoms with Crippen molar-refractivity contribution in [3.63, 3.8) is 0 Å². The highest BCUT2D eigenvalue weighted by atomic mass is 16.6. The zero-order chi connectivity index (χ0) is 13.6. The molecule has 0 unspecified atom stereocenters. The van der Waals surface area contributed by atoms with E-state index in [0.717, 1.165) is 18.9 Å². The minimum absolute atomic E-state index is 0.0216. The van der Waals surface area contributed by atoms with Crippen molar-refractivity contribution in [2.75, 3.05) is 13.1 Å². The second-order valence-electron chi connectivity index (χ2n) is 5.76. The standard InChI is InChI=1S/C13H24N2O3/c1-13(2,3)18-12(17)15-9-7-11(16)14-8-6-10-4-5-10/h10H,4-9H2,1-3H3,(H,14,16)(H,15,17). The number of carbonyl (C=O) groups is 2. The largest absolute Gasteiger partial charge is 0.444 e. The van der Waals surface area contributed by atoms with Gasteiger partial charge in [0.1, 0.15) is 5.60 Å². The lowest BCUT2D eigenvalue weighted by Gasteiger charge is -2.19. The number of alkyl carbamates (subject to hydrolysis) is 1. The molecule has 1 aliphatic carbocycles. The molecule has 1 rings (SSSR count). The zero-order valence-corrected chi connectivity index (χ0v) is 11.5. The minimum Gasteiger partial charge on any atom is -0.444 e. The van der Waals surface area contributed by atoms with Crippen LogP contribution in [0.4, 0.5) is 4.79 Å². The van der Waals surface area contributed by atoms with Gasteiger partial charge in [-0.3, -0.25) is 4.79 Å². The van der Waals surface area contributed by atoms with Gasteiger partial charge in [-0.05, 0) is 33.1 Å². The van der Waals surface area contributed by atoms with Crippen molar-refractivity contribution in [2.45, 2.75) is 52.1 Å². The van der Waals surface area contributed by atoms with Gasteiger partial charge >= 0.3 is 6.09 Å². The van der Waals surface area contributed by atoms with Crippen molar-refractivity contribution < 1.29 is 14.3 Å². The fourth-order valence-electron chi connectivity index (χ4n) is 1.50. The molecule has 2 N–H and O–H groups in total. The fraction of sp³-hybridized carbons (Fsp3) is 0.846. The number of nitrogens with one attached hydrogen (secondary N) is 2. The van der Waals surface area contributed by atoms with Crippen LogP contribution >= 0.6 is 0 Å². The molecule has 2 amide bonds. The van der Waals surface area contributed by atoms with E-state index in [1.54, 1.807) is 20.8 Å². The monoisotopic (exact) mass is 256 g/mol. The van der Waals surface area contributed by atoms with Gasteiger partial charge in [-0.2, -0.15) is 0 Å². The lowest BCUT2D eigenvalue weighted by Crippen LogP contribution is -2.35. The Bertz CT molecular complexity index is 293. The normalized spacial score (nSPS) is 15.1. The van der Waals surface area contributed by atoms with Gasteiger partial charge in [-0.25, -0.2) is 4.79 Å². The maximum absolute atomic E-state index is 11.4. The van der Waals surface area contributed by atoms with Crippen LogP contribution in [0.15, 0.2) is 0 Å². The zero-order valence-electron chi connectivity index (χ0n) is 11.5. The Morgan fingerprint density at radius 1 is 1.17 bits per heavy atom. The summed E-state index contributed by atoms with van der Waals surface area (Å²) in [7, 11) is 0. The Morgan fingerprint density at radius 2 is 1.83 bits per heavy atom. The summed E-state index contributed by atoms with van der Waals surface area (Å²) in [5.41, 5.74) is -0.503. The summed E-state index contributed by atoms with van der Waals surface area (Å²) in [6.45, 7) is 6.46. The molecular formula is C13H24N2O3. The molecule has 5 heteroatoms. The van der Waals surface area contributed by atoms with Crippen LogP contribution in [0.2, 0.25) is 0 Å². The van der Waals surface area contributed by atoms with Crippen molar-refractivity contribution in [3.8, 4) is 0 Å². The van der Waals surface area contributed by atoms with E-state index in [2.05, 4.69) is 10.6 Å². The summed E-state index contributed by atoms with van der Waals surface area (Å²) >= 11 is 0. The molecule has 0 bridgehead atoms. The quantitative estimate of drug-likeness (QED) is 0.761. The molecule has 1 saturated carbocycles. The molecule has 104 valence electrons. The molecule has 0 heterocycles. The fourth-order valence-corrected chi connectivity index (χ4v) is 1.50. The van der Waals surface area contributed by atoms with Crippen molar-refractivity contribution in [2.24, 2.45) is 5.92 Å². The lowest BCUT2D eigenvalue weighted by atomic mass is 10.2. The smallest absolute Gasteiger partial charge is 0.407 e. The average Bonchev–Trinajstić information content (AvgIpc) is 2.98. The van der Waals surface area contributed by atoms with Crippen LogP contribution in [0.3, 0.4) is 0 Å². The van der Waals surface area contributed by atoms with Gasteiger partial charge in [-0.15, -0.1) is 0 Å². The average molecular weight is 256 g/mol. The molecule has 0 atom stereocenters. The van der Waals surface area contributed by atoms with E-state index in [1.807, 2.05) is 0 Å². The molecule has 0 saturated heterocycles. The Kier molecular flexibility index (Phi) is 5.44. The predicted molar refractivity (Wildman–Crippen MR) is 69.2 cm³/mol. The molecular weight excluding hydrogens is 232 g/mol. The molecule has 18 heavy (non-hydrogen) atoms. The lowest BCUT2D eigenvalue weighted by molar-refractivity contribution is -0.120. The Balaban J connectivity index is 1.98. The van der Waals surface area contributed by atoms with E-state index in [4.69, 9.17) is 4.74 Å². The molecule has 1 fully saturated rings. The number of hydrogen-bond acceptors (Lipinski definition) is 3. The van der Waals surface area contributed by atoms with E-state index >= 15 is 0 Å². The van der Waals surface area contributed by atoms with Gasteiger partial charge in [0.2, 0.25) is 5.91 Å². The SMILES string of the molecule is CC(C)(C)OC(=O)NCCC(=O)NCCC1CC1. The molecule has 5 nitrogen and oxygen atoms in total. The van der Waals surface area contributed by atoms with Crippen LogP contribution in [0.5, 0.6) is 0 Å². The van der Waals surface area contributed by atoms with E-state index < -0.39 is 11.7 Å².